The Hall–Kier alpha value is -4.14. The predicted octanol–water partition coefficient (Wildman–Crippen LogP) is 8.68. The first-order valence-corrected chi connectivity index (χ1v) is 16.8. The van der Waals surface area contributed by atoms with E-state index in [9.17, 15) is 10.2 Å². The van der Waals surface area contributed by atoms with E-state index < -0.39 is 0 Å². The number of ether oxygens (including phenoxy) is 6. The molecule has 0 bridgehead atoms. The minimum Gasteiger partial charge on any atom is -0.507 e. The quantitative estimate of drug-likeness (QED) is 0.233. The van der Waals surface area contributed by atoms with Crippen LogP contribution in [0.25, 0.3) is 0 Å². The van der Waals surface area contributed by atoms with Gasteiger partial charge in [-0.1, -0.05) is 38.3 Å². The Morgan fingerprint density at radius 3 is 1.58 bits per heavy atom. The topological polar surface area (TPSA) is 95.8 Å². The summed E-state index contributed by atoms with van der Waals surface area (Å²) >= 11 is 0. The third-order valence-corrected chi connectivity index (χ3v) is 10.7. The molecule has 0 unspecified atom stereocenters. The molecule has 3 fully saturated rings. The third kappa shape index (κ3) is 5.69. The van der Waals surface area contributed by atoms with Gasteiger partial charge in [-0.2, -0.15) is 0 Å². The Morgan fingerprint density at radius 2 is 1.10 bits per heavy atom. The Bertz CT molecular complexity index is 1740. The number of benzene rings is 3. The van der Waals surface area contributed by atoms with Crippen molar-refractivity contribution in [2.45, 2.75) is 88.9 Å². The van der Waals surface area contributed by atoms with Crippen LogP contribution in [-0.2, 0) is 25.7 Å². The molecule has 3 saturated carbocycles. The van der Waals surface area contributed by atoms with Gasteiger partial charge in [-0.05, 0) is 101 Å². The number of phenolic OH excluding ortho intramolecular Hbond substituents is 2. The van der Waals surface area contributed by atoms with Gasteiger partial charge in [0.2, 0.25) is 0 Å². The molecule has 2 N–H and O–H groups in total. The van der Waals surface area contributed by atoms with Gasteiger partial charge in [0.15, 0.2) is 13.6 Å². The third-order valence-electron chi connectivity index (χ3n) is 10.7. The molecule has 3 aromatic carbocycles. The largest absolute Gasteiger partial charge is 0.507 e. The van der Waals surface area contributed by atoms with E-state index in [0.29, 0.717) is 11.5 Å². The van der Waals surface area contributed by atoms with E-state index in [1.165, 1.54) is 5.56 Å². The molecule has 2 heterocycles. The van der Waals surface area contributed by atoms with E-state index in [4.69, 9.17) is 28.4 Å². The zero-order valence-electron chi connectivity index (χ0n) is 29.1. The van der Waals surface area contributed by atoms with Gasteiger partial charge in [0.25, 0.3) is 0 Å². The van der Waals surface area contributed by atoms with Crippen molar-refractivity contribution in [3.05, 3.63) is 94.5 Å². The second-order valence-corrected chi connectivity index (χ2v) is 13.7. The molecule has 0 saturated heterocycles. The highest BCUT2D eigenvalue weighted by atomic mass is 16.7. The number of hydrogen-bond donors (Lipinski definition) is 2. The summed E-state index contributed by atoms with van der Waals surface area (Å²) in [5, 5.41) is 20.1. The minimum absolute atomic E-state index is 0.0183. The first-order valence-electron chi connectivity index (χ1n) is 16.8. The highest BCUT2D eigenvalue weighted by Crippen LogP contribution is 2.64. The maximum absolute atomic E-state index is 10.3. The van der Waals surface area contributed by atoms with Crippen LogP contribution in [0.4, 0.5) is 0 Å². The lowest BCUT2D eigenvalue weighted by molar-refractivity contribution is 0.0497. The lowest BCUT2D eigenvalue weighted by Crippen LogP contribution is -2.10. The van der Waals surface area contributed by atoms with Crippen LogP contribution in [0.3, 0.4) is 0 Å². The Kier molecular flexibility index (Phi) is 8.94. The van der Waals surface area contributed by atoms with E-state index in [0.717, 1.165) is 107 Å². The van der Waals surface area contributed by atoms with Gasteiger partial charge in [-0.3, -0.25) is 0 Å². The van der Waals surface area contributed by atoms with Crippen molar-refractivity contribution in [2.24, 2.45) is 0 Å². The van der Waals surface area contributed by atoms with Crippen LogP contribution in [-0.4, -0.2) is 38.0 Å². The molecule has 8 rings (SSSR count). The lowest BCUT2D eigenvalue weighted by atomic mass is 9.90. The molecule has 3 aromatic rings. The molecule has 0 amide bonds. The Morgan fingerprint density at radius 1 is 0.646 bits per heavy atom. The van der Waals surface area contributed by atoms with Crippen molar-refractivity contribution in [3.63, 3.8) is 0 Å². The number of phenols is 2. The molecular weight excluding hydrogens is 608 g/mol. The number of fused-ring (bicyclic) bond motifs is 4. The molecule has 3 aliphatic carbocycles. The summed E-state index contributed by atoms with van der Waals surface area (Å²) in [4.78, 5) is 0. The monoisotopic (exact) mass is 656 g/mol. The minimum atomic E-state index is -0.0502. The van der Waals surface area contributed by atoms with Crippen LogP contribution < -0.4 is 18.9 Å². The summed E-state index contributed by atoms with van der Waals surface area (Å²) in [5.41, 5.74) is 6.30. The molecule has 48 heavy (non-hydrogen) atoms. The van der Waals surface area contributed by atoms with E-state index in [1.54, 1.807) is 20.3 Å². The van der Waals surface area contributed by atoms with Gasteiger partial charge in [0.1, 0.15) is 46.0 Å². The molecule has 0 aromatic heterocycles. The second kappa shape index (κ2) is 12.7. The molecule has 0 atom stereocenters. The average molecular weight is 657 g/mol. The summed E-state index contributed by atoms with van der Waals surface area (Å²) in [6.07, 6.45) is 7.60. The number of hydrogen-bond acceptors (Lipinski definition) is 8. The maximum atomic E-state index is 10.3. The number of aromatic hydroxyl groups is 2. The van der Waals surface area contributed by atoms with Gasteiger partial charge in [0, 0.05) is 25.2 Å². The number of aryl methyl sites for hydroxylation is 3. The predicted molar refractivity (Wildman–Crippen MR) is 184 cm³/mol. The van der Waals surface area contributed by atoms with Crippen molar-refractivity contribution >= 4 is 0 Å². The molecular formula is C40H48O8. The number of methoxy groups -OCH3 is 2. The maximum Gasteiger partial charge on any atom is 0.188 e. The molecule has 8 nitrogen and oxygen atoms in total. The second-order valence-electron chi connectivity index (χ2n) is 13.7. The van der Waals surface area contributed by atoms with Crippen molar-refractivity contribution in [2.75, 3.05) is 27.8 Å². The fourth-order valence-corrected chi connectivity index (χ4v) is 7.16. The van der Waals surface area contributed by atoms with Crippen LogP contribution in [0.1, 0.15) is 85.3 Å². The first kappa shape index (κ1) is 33.7. The zero-order chi connectivity index (χ0) is 34.4. The van der Waals surface area contributed by atoms with Crippen LogP contribution in [0.15, 0.2) is 61.1 Å². The highest BCUT2D eigenvalue weighted by Gasteiger charge is 2.57. The normalized spacial score (nSPS) is 18.8. The van der Waals surface area contributed by atoms with E-state index in [1.807, 2.05) is 51.1 Å². The first-order chi connectivity index (χ1) is 23.0. The van der Waals surface area contributed by atoms with Crippen molar-refractivity contribution in [3.8, 4) is 34.5 Å². The van der Waals surface area contributed by atoms with Gasteiger partial charge >= 0.3 is 0 Å². The van der Waals surface area contributed by atoms with E-state index >= 15 is 0 Å². The smallest absolute Gasteiger partial charge is 0.188 e. The molecule has 256 valence electrons. The van der Waals surface area contributed by atoms with Crippen LogP contribution in [0.2, 0.25) is 0 Å². The van der Waals surface area contributed by atoms with Crippen LogP contribution in [0.5, 0.6) is 34.5 Å². The van der Waals surface area contributed by atoms with Crippen molar-refractivity contribution in [1.29, 1.82) is 0 Å². The molecule has 2 aliphatic heterocycles. The van der Waals surface area contributed by atoms with Gasteiger partial charge in [0.05, 0.1) is 22.0 Å². The summed E-state index contributed by atoms with van der Waals surface area (Å²) in [6.45, 7) is 16.6. The van der Waals surface area contributed by atoms with E-state index in [-0.39, 0.29) is 29.8 Å². The zero-order valence-corrected chi connectivity index (χ0v) is 29.1. The van der Waals surface area contributed by atoms with Crippen LogP contribution >= 0.6 is 0 Å². The fourth-order valence-electron chi connectivity index (χ4n) is 7.16. The Balaban J connectivity index is 0.000000126. The Labute approximate surface area is 283 Å². The number of rotatable bonds is 8. The van der Waals surface area contributed by atoms with Crippen LogP contribution in [0, 0.1) is 20.8 Å². The van der Waals surface area contributed by atoms with Crippen molar-refractivity contribution in [1.82, 2.24) is 0 Å². The van der Waals surface area contributed by atoms with Gasteiger partial charge in [-0.25, -0.2) is 0 Å². The highest BCUT2D eigenvalue weighted by molar-refractivity contribution is 5.64. The SMILES string of the molecule is C=C1Oc2c(C)ccc(O)c2C12CC2.C=C1Oc2c(C)ccc(OCOC)c2C12CC2.CCC1(c2c(OCOC)ccc(C)c2O)CC1. The van der Waals surface area contributed by atoms with E-state index in [2.05, 4.69) is 20.1 Å². The molecule has 2 spiro atoms. The summed E-state index contributed by atoms with van der Waals surface area (Å²) < 4.78 is 32.6. The van der Waals surface area contributed by atoms with Gasteiger partial charge < -0.3 is 38.6 Å². The summed E-state index contributed by atoms with van der Waals surface area (Å²) in [6, 6.07) is 11.4. The molecule has 8 heteroatoms. The summed E-state index contributed by atoms with van der Waals surface area (Å²) in [7, 11) is 3.22. The standard InChI is InChI=1S/C14H16O3.C14H20O3.C12H12O2/c1-9-4-5-11(16-8-15-3)12-13(9)17-10(2)14(12)6-7-14;1-4-14(7-8-14)12-11(17-9-16-3)6-5-10(2)13(12)15;1-7-3-4-9(13)10-11(7)14-8(2)12(10)5-6-12/h4-5H,2,6-8H2,1,3H3;5-6,15H,4,7-9H2,1-3H3;3-4,13H,2,5-6H2,1H3. The lowest BCUT2D eigenvalue weighted by Gasteiger charge is -2.20. The van der Waals surface area contributed by atoms with Crippen molar-refractivity contribution < 1.29 is 38.6 Å². The molecule has 5 aliphatic rings. The summed E-state index contributed by atoms with van der Waals surface area (Å²) in [5.74, 6) is 5.78. The average Bonchev–Trinajstić information content (AvgIpc) is 3.98. The number of allylic oxidation sites excluding steroid dienone is 2. The van der Waals surface area contributed by atoms with Gasteiger partial charge in [-0.15, -0.1) is 0 Å². The molecule has 0 radical (unpaired) electrons. The fraction of sp³-hybridized carbons (Fsp3) is 0.450.